The number of nitrogens with zero attached hydrogens (tertiary/aromatic N) is 1. The molecule has 1 aromatic rings. The molecule has 0 bridgehead atoms. The minimum Gasteiger partial charge on any atom is -0.351 e. The molecule has 1 aliphatic carbocycles. The first-order chi connectivity index (χ1) is 8.15. The molecule has 5 heteroatoms. The molecule has 0 unspecified atom stereocenters. The molecule has 2 rings (SSSR count). The van der Waals surface area contributed by atoms with Gasteiger partial charge < -0.3 is 9.84 Å². The Hall–Kier alpha value is -0.840. The number of amides is 1. The maximum Gasteiger partial charge on any atom is 0.289 e. The van der Waals surface area contributed by atoms with Crippen molar-refractivity contribution in [2.24, 2.45) is 5.92 Å². The lowest BCUT2D eigenvalue weighted by Gasteiger charge is -2.25. The van der Waals surface area contributed by atoms with Gasteiger partial charge >= 0.3 is 0 Å². The maximum atomic E-state index is 11.7. The molecule has 94 valence electrons. The molecule has 1 aromatic heterocycles. The van der Waals surface area contributed by atoms with Crippen molar-refractivity contribution in [3.8, 4) is 0 Å². The Kier molecular flexibility index (Phi) is 4.20. The molecule has 1 aliphatic rings. The highest BCUT2D eigenvalue weighted by Gasteiger charge is 2.20. The van der Waals surface area contributed by atoms with E-state index in [0.29, 0.717) is 16.5 Å². The highest BCUT2D eigenvalue weighted by molar-refractivity contribution is 9.09. The zero-order chi connectivity index (χ0) is 12.3. The van der Waals surface area contributed by atoms with Crippen LogP contribution in [0, 0.1) is 12.8 Å². The van der Waals surface area contributed by atoms with E-state index in [9.17, 15) is 4.79 Å². The van der Waals surface area contributed by atoms with Crippen LogP contribution in [0.1, 0.15) is 41.9 Å². The van der Waals surface area contributed by atoms with Crippen molar-refractivity contribution in [2.75, 3.05) is 6.54 Å². The van der Waals surface area contributed by atoms with E-state index in [4.69, 9.17) is 4.52 Å². The summed E-state index contributed by atoms with van der Waals surface area (Å²) in [5.74, 6) is 0.736. The molecule has 0 spiro atoms. The number of carbonyl (C=O) groups excluding carboxylic acids is 1. The molecular weight excluding hydrogens is 284 g/mol. The van der Waals surface area contributed by atoms with E-state index in [1.807, 2.05) is 0 Å². The number of aromatic nitrogens is 1. The van der Waals surface area contributed by atoms with Gasteiger partial charge in [0.1, 0.15) is 0 Å². The summed E-state index contributed by atoms with van der Waals surface area (Å²) >= 11 is 3.62. The van der Waals surface area contributed by atoms with Gasteiger partial charge in [-0.25, -0.2) is 0 Å². The molecule has 1 fully saturated rings. The van der Waals surface area contributed by atoms with E-state index in [2.05, 4.69) is 26.4 Å². The van der Waals surface area contributed by atoms with Gasteiger partial charge in [-0.3, -0.25) is 4.79 Å². The Labute approximate surface area is 109 Å². The minimum atomic E-state index is -0.161. The fraction of sp³-hybridized carbons (Fsp3) is 0.667. The fourth-order valence-electron chi connectivity index (χ4n) is 2.12. The Balaban J connectivity index is 1.76. The summed E-state index contributed by atoms with van der Waals surface area (Å²) in [7, 11) is 0. The van der Waals surface area contributed by atoms with Gasteiger partial charge in [0.2, 0.25) is 5.76 Å². The summed E-state index contributed by atoms with van der Waals surface area (Å²) in [6.07, 6.45) is 4.74. The van der Waals surface area contributed by atoms with E-state index in [1.54, 1.807) is 13.0 Å². The van der Waals surface area contributed by atoms with Crippen LogP contribution in [0.5, 0.6) is 0 Å². The van der Waals surface area contributed by atoms with Crippen LogP contribution in [0.3, 0.4) is 0 Å². The van der Waals surface area contributed by atoms with Gasteiger partial charge in [0.25, 0.3) is 5.91 Å². The summed E-state index contributed by atoms with van der Waals surface area (Å²) in [5, 5.41) is 6.61. The summed E-state index contributed by atoms with van der Waals surface area (Å²) in [6, 6.07) is 1.66. The van der Waals surface area contributed by atoms with Crippen molar-refractivity contribution in [3.63, 3.8) is 0 Å². The second kappa shape index (κ2) is 5.67. The summed E-state index contributed by atoms with van der Waals surface area (Å²) in [4.78, 5) is 12.4. The first-order valence-corrected chi connectivity index (χ1v) is 6.92. The van der Waals surface area contributed by atoms with Crippen molar-refractivity contribution >= 4 is 21.8 Å². The largest absolute Gasteiger partial charge is 0.351 e. The molecule has 0 aliphatic heterocycles. The summed E-state index contributed by atoms with van der Waals surface area (Å²) in [5.41, 5.74) is 0.731. The van der Waals surface area contributed by atoms with E-state index < -0.39 is 0 Å². The third-order valence-corrected chi connectivity index (χ3v) is 4.10. The number of halogens is 1. The van der Waals surface area contributed by atoms with Crippen LogP contribution in [0.15, 0.2) is 10.6 Å². The average molecular weight is 301 g/mol. The average Bonchev–Trinajstić information content (AvgIpc) is 2.75. The van der Waals surface area contributed by atoms with Crippen LogP contribution in [0.25, 0.3) is 0 Å². The SMILES string of the molecule is Cc1cc(C(=O)NCC2CCC(Br)CC2)on1. The highest BCUT2D eigenvalue weighted by atomic mass is 79.9. The quantitative estimate of drug-likeness (QED) is 0.873. The molecule has 17 heavy (non-hydrogen) atoms. The number of rotatable bonds is 3. The number of nitrogens with one attached hydrogen (secondary N) is 1. The normalized spacial score (nSPS) is 24.6. The highest BCUT2D eigenvalue weighted by Crippen LogP contribution is 2.28. The molecule has 1 N–H and O–H groups in total. The second-order valence-corrected chi connectivity index (χ2v) is 5.96. The van der Waals surface area contributed by atoms with E-state index in [0.717, 1.165) is 12.2 Å². The van der Waals surface area contributed by atoms with E-state index in [1.165, 1.54) is 25.7 Å². The molecule has 0 aromatic carbocycles. The minimum absolute atomic E-state index is 0.161. The smallest absolute Gasteiger partial charge is 0.289 e. The maximum absolute atomic E-state index is 11.7. The third-order valence-electron chi connectivity index (χ3n) is 3.18. The van der Waals surface area contributed by atoms with Crippen LogP contribution in [-0.4, -0.2) is 22.4 Å². The first kappa shape index (κ1) is 12.6. The van der Waals surface area contributed by atoms with Crippen LogP contribution in [-0.2, 0) is 0 Å². The lowest BCUT2D eigenvalue weighted by atomic mass is 9.89. The Bertz CT molecular complexity index is 384. The standard InChI is InChI=1S/C12H17BrN2O2/c1-8-6-11(17-15-8)12(16)14-7-9-2-4-10(13)5-3-9/h6,9-10H,2-5,7H2,1H3,(H,14,16). The number of alkyl halides is 1. The zero-order valence-electron chi connectivity index (χ0n) is 9.91. The van der Waals surface area contributed by atoms with Crippen molar-refractivity contribution in [1.29, 1.82) is 0 Å². The van der Waals surface area contributed by atoms with Crippen molar-refractivity contribution in [1.82, 2.24) is 10.5 Å². The van der Waals surface area contributed by atoms with E-state index >= 15 is 0 Å². The van der Waals surface area contributed by atoms with Crippen molar-refractivity contribution in [2.45, 2.75) is 37.4 Å². The topological polar surface area (TPSA) is 55.1 Å². The monoisotopic (exact) mass is 300 g/mol. The molecule has 1 heterocycles. The first-order valence-electron chi connectivity index (χ1n) is 6.00. The molecule has 0 saturated heterocycles. The fourth-order valence-corrected chi connectivity index (χ4v) is 2.65. The molecular formula is C12H17BrN2O2. The van der Waals surface area contributed by atoms with Crippen molar-refractivity contribution in [3.05, 3.63) is 17.5 Å². The number of carbonyl (C=O) groups is 1. The third kappa shape index (κ3) is 3.56. The van der Waals surface area contributed by atoms with Gasteiger partial charge in [-0.1, -0.05) is 21.1 Å². The molecule has 0 radical (unpaired) electrons. The Morgan fingerprint density at radius 3 is 2.82 bits per heavy atom. The van der Waals surface area contributed by atoms with Gasteiger partial charge in [0.05, 0.1) is 5.69 Å². The zero-order valence-corrected chi connectivity index (χ0v) is 11.5. The van der Waals surface area contributed by atoms with Gasteiger partial charge in [0, 0.05) is 17.4 Å². The number of hydrogen-bond donors (Lipinski definition) is 1. The van der Waals surface area contributed by atoms with Gasteiger partial charge in [0.15, 0.2) is 0 Å². The van der Waals surface area contributed by atoms with Gasteiger partial charge in [-0.05, 0) is 38.5 Å². The molecule has 1 amide bonds. The van der Waals surface area contributed by atoms with Crippen LogP contribution >= 0.6 is 15.9 Å². The Morgan fingerprint density at radius 2 is 2.24 bits per heavy atom. The van der Waals surface area contributed by atoms with Crippen molar-refractivity contribution < 1.29 is 9.32 Å². The van der Waals surface area contributed by atoms with Crippen LogP contribution in [0.4, 0.5) is 0 Å². The predicted molar refractivity (Wildman–Crippen MR) is 68.2 cm³/mol. The number of hydrogen-bond acceptors (Lipinski definition) is 3. The molecule has 4 nitrogen and oxygen atoms in total. The lowest BCUT2D eigenvalue weighted by molar-refractivity contribution is 0.0907. The number of aryl methyl sites for hydroxylation is 1. The summed E-state index contributed by atoms with van der Waals surface area (Å²) in [6.45, 7) is 2.54. The second-order valence-electron chi connectivity index (χ2n) is 4.66. The molecule has 0 atom stereocenters. The van der Waals surface area contributed by atoms with Crippen LogP contribution < -0.4 is 5.32 Å². The van der Waals surface area contributed by atoms with Crippen LogP contribution in [0.2, 0.25) is 0 Å². The van der Waals surface area contributed by atoms with E-state index in [-0.39, 0.29) is 5.91 Å². The Morgan fingerprint density at radius 1 is 1.53 bits per heavy atom. The molecule has 1 saturated carbocycles. The van der Waals surface area contributed by atoms with Gasteiger partial charge in [-0.2, -0.15) is 0 Å². The lowest BCUT2D eigenvalue weighted by Crippen LogP contribution is -2.31. The summed E-state index contributed by atoms with van der Waals surface area (Å²) < 4.78 is 4.91. The predicted octanol–water partition coefficient (Wildman–Crippen LogP) is 2.67. The van der Waals surface area contributed by atoms with Gasteiger partial charge in [-0.15, -0.1) is 0 Å².